The predicted molar refractivity (Wildman–Crippen MR) is 73.5 cm³/mol. The first kappa shape index (κ1) is 15.5. The van der Waals surface area contributed by atoms with Crippen molar-refractivity contribution in [2.45, 2.75) is 6.18 Å². The van der Waals surface area contributed by atoms with E-state index in [1.807, 2.05) is 0 Å². The summed E-state index contributed by atoms with van der Waals surface area (Å²) in [7, 11) is 0. The fourth-order valence-electron chi connectivity index (χ4n) is 1.67. The molecule has 2 aromatic carbocycles. The SMILES string of the molecule is O=[N+]([O-])c1ccc(O)c(/C=N/c2cccc(C(F)(F)F)c2)c1. The lowest BCUT2D eigenvalue weighted by Crippen LogP contribution is -2.03. The number of benzene rings is 2. The molecule has 1 N–H and O–H groups in total. The molecule has 8 heteroatoms. The minimum Gasteiger partial charge on any atom is -0.507 e. The zero-order valence-corrected chi connectivity index (χ0v) is 10.9. The van der Waals surface area contributed by atoms with Crippen molar-refractivity contribution < 1.29 is 23.2 Å². The van der Waals surface area contributed by atoms with E-state index in [9.17, 15) is 28.4 Å². The smallest absolute Gasteiger partial charge is 0.416 e. The average molecular weight is 310 g/mol. The molecular formula is C14H9F3N2O3. The van der Waals surface area contributed by atoms with Crippen LogP contribution in [0, 0.1) is 10.1 Å². The number of phenolic OH excluding ortho intramolecular Hbond substituents is 1. The molecule has 5 nitrogen and oxygen atoms in total. The van der Waals surface area contributed by atoms with Crippen LogP contribution in [0.25, 0.3) is 0 Å². The fraction of sp³-hybridized carbons (Fsp3) is 0.0714. The molecule has 2 rings (SSSR count). The molecule has 0 radical (unpaired) electrons. The van der Waals surface area contributed by atoms with Gasteiger partial charge in [0.2, 0.25) is 0 Å². The van der Waals surface area contributed by atoms with Gasteiger partial charge in [0.1, 0.15) is 5.75 Å². The van der Waals surface area contributed by atoms with Gasteiger partial charge >= 0.3 is 6.18 Å². The number of nitrogens with zero attached hydrogens (tertiary/aromatic N) is 2. The Balaban J connectivity index is 2.33. The Kier molecular flexibility index (Phi) is 4.11. The summed E-state index contributed by atoms with van der Waals surface area (Å²) in [4.78, 5) is 13.8. The third kappa shape index (κ3) is 3.60. The van der Waals surface area contributed by atoms with E-state index >= 15 is 0 Å². The number of non-ortho nitro benzene ring substituents is 1. The summed E-state index contributed by atoms with van der Waals surface area (Å²) in [5.74, 6) is -0.263. The Hall–Kier alpha value is -2.90. The molecule has 0 unspecified atom stereocenters. The van der Waals surface area contributed by atoms with Crippen LogP contribution < -0.4 is 0 Å². The molecule has 0 bridgehead atoms. The molecule has 0 aromatic heterocycles. The van der Waals surface area contributed by atoms with E-state index in [0.717, 1.165) is 36.5 Å². The van der Waals surface area contributed by atoms with Crippen molar-refractivity contribution in [1.29, 1.82) is 0 Å². The summed E-state index contributed by atoms with van der Waals surface area (Å²) in [6, 6.07) is 7.59. The second-order valence-electron chi connectivity index (χ2n) is 4.31. The van der Waals surface area contributed by atoms with Gasteiger partial charge in [-0.1, -0.05) is 6.07 Å². The maximum atomic E-state index is 12.6. The maximum absolute atomic E-state index is 12.6. The number of aromatic hydroxyl groups is 1. The summed E-state index contributed by atoms with van der Waals surface area (Å²) in [5.41, 5.74) is -1.07. The Morgan fingerprint density at radius 3 is 2.55 bits per heavy atom. The van der Waals surface area contributed by atoms with E-state index in [4.69, 9.17) is 0 Å². The normalized spacial score (nSPS) is 11.8. The van der Waals surface area contributed by atoms with E-state index in [1.165, 1.54) is 12.1 Å². The van der Waals surface area contributed by atoms with Gasteiger partial charge in [-0.05, 0) is 24.3 Å². The lowest BCUT2D eigenvalue weighted by molar-refractivity contribution is -0.384. The molecule has 22 heavy (non-hydrogen) atoms. The zero-order valence-electron chi connectivity index (χ0n) is 10.9. The van der Waals surface area contributed by atoms with Crippen molar-refractivity contribution in [3.8, 4) is 5.75 Å². The highest BCUT2D eigenvalue weighted by Crippen LogP contribution is 2.31. The monoisotopic (exact) mass is 310 g/mol. The van der Waals surface area contributed by atoms with Crippen LogP contribution in [0.3, 0.4) is 0 Å². The van der Waals surface area contributed by atoms with Gasteiger partial charge in [-0.3, -0.25) is 15.1 Å². The summed E-state index contributed by atoms with van der Waals surface area (Å²) in [5, 5.41) is 20.2. The standard InChI is InChI=1S/C14H9F3N2O3/c15-14(16,17)10-2-1-3-11(7-10)18-8-9-6-12(19(21)22)4-5-13(9)20/h1-8,20H/b18-8+. The molecule has 114 valence electrons. The molecule has 0 saturated heterocycles. The molecule has 0 heterocycles. The number of aliphatic imine (C=N–C) groups is 1. The van der Waals surface area contributed by atoms with Crippen molar-refractivity contribution in [2.75, 3.05) is 0 Å². The molecule has 0 aliphatic carbocycles. The first-order valence-electron chi connectivity index (χ1n) is 5.96. The minimum absolute atomic E-state index is 0.0146. The number of rotatable bonds is 3. The van der Waals surface area contributed by atoms with E-state index in [1.54, 1.807) is 0 Å². The quantitative estimate of drug-likeness (QED) is 0.527. The van der Waals surface area contributed by atoms with Crippen LogP contribution in [0.4, 0.5) is 24.5 Å². The molecule has 0 saturated carbocycles. The van der Waals surface area contributed by atoms with Gasteiger partial charge in [0.15, 0.2) is 0 Å². The number of alkyl halides is 3. The number of halogens is 3. The molecular weight excluding hydrogens is 301 g/mol. The summed E-state index contributed by atoms with van der Waals surface area (Å²) >= 11 is 0. The molecule has 0 fully saturated rings. The summed E-state index contributed by atoms with van der Waals surface area (Å²) < 4.78 is 37.7. The highest BCUT2D eigenvalue weighted by atomic mass is 19.4. The van der Waals surface area contributed by atoms with Crippen LogP contribution in [-0.2, 0) is 6.18 Å². The Morgan fingerprint density at radius 1 is 1.18 bits per heavy atom. The second-order valence-corrected chi connectivity index (χ2v) is 4.31. The lowest BCUT2D eigenvalue weighted by Gasteiger charge is -2.06. The van der Waals surface area contributed by atoms with Crippen LogP contribution in [0.1, 0.15) is 11.1 Å². The Morgan fingerprint density at radius 2 is 1.91 bits per heavy atom. The summed E-state index contributed by atoms with van der Waals surface area (Å²) in [6.45, 7) is 0. The van der Waals surface area contributed by atoms with E-state index in [-0.39, 0.29) is 22.7 Å². The molecule has 0 atom stereocenters. The minimum atomic E-state index is -4.49. The first-order valence-corrected chi connectivity index (χ1v) is 5.96. The number of nitro benzene ring substituents is 1. The van der Waals surface area contributed by atoms with E-state index < -0.39 is 16.7 Å². The van der Waals surface area contributed by atoms with Crippen molar-refractivity contribution >= 4 is 17.6 Å². The molecule has 0 spiro atoms. The fourth-order valence-corrected chi connectivity index (χ4v) is 1.67. The molecule has 0 aliphatic heterocycles. The number of hydrogen-bond acceptors (Lipinski definition) is 4. The van der Waals surface area contributed by atoms with E-state index in [0.29, 0.717) is 0 Å². The van der Waals surface area contributed by atoms with Crippen molar-refractivity contribution in [3.05, 3.63) is 63.7 Å². The topological polar surface area (TPSA) is 75.7 Å². The van der Waals surface area contributed by atoms with Gasteiger partial charge in [0, 0.05) is 23.9 Å². The number of phenols is 1. The first-order chi connectivity index (χ1) is 10.3. The van der Waals surface area contributed by atoms with Crippen LogP contribution in [0.5, 0.6) is 5.75 Å². The van der Waals surface area contributed by atoms with Gasteiger partial charge in [-0.2, -0.15) is 13.2 Å². The average Bonchev–Trinajstić information content (AvgIpc) is 2.45. The van der Waals surface area contributed by atoms with Crippen molar-refractivity contribution in [3.63, 3.8) is 0 Å². The van der Waals surface area contributed by atoms with Gasteiger partial charge in [0.25, 0.3) is 5.69 Å². The van der Waals surface area contributed by atoms with Crippen molar-refractivity contribution in [1.82, 2.24) is 0 Å². The van der Waals surface area contributed by atoms with Crippen LogP contribution in [0.15, 0.2) is 47.5 Å². The zero-order chi connectivity index (χ0) is 16.3. The maximum Gasteiger partial charge on any atom is 0.416 e. The highest BCUT2D eigenvalue weighted by molar-refractivity contribution is 5.86. The van der Waals surface area contributed by atoms with Crippen molar-refractivity contribution in [2.24, 2.45) is 4.99 Å². The second kappa shape index (κ2) is 5.84. The van der Waals surface area contributed by atoms with Crippen LogP contribution >= 0.6 is 0 Å². The van der Waals surface area contributed by atoms with E-state index in [2.05, 4.69) is 4.99 Å². The third-order valence-electron chi connectivity index (χ3n) is 2.75. The number of hydrogen-bond donors (Lipinski definition) is 1. The Labute approximate surface area is 122 Å². The molecule has 0 aliphatic rings. The lowest BCUT2D eigenvalue weighted by atomic mass is 10.2. The van der Waals surface area contributed by atoms with Gasteiger partial charge in [0.05, 0.1) is 16.2 Å². The van der Waals surface area contributed by atoms with Gasteiger partial charge < -0.3 is 5.11 Å². The molecule has 0 amide bonds. The summed E-state index contributed by atoms with van der Waals surface area (Å²) in [6.07, 6.45) is -3.42. The largest absolute Gasteiger partial charge is 0.507 e. The number of nitro groups is 1. The van der Waals surface area contributed by atoms with Crippen LogP contribution in [-0.4, -0.2) is 16.2 Å². The van der Waals surface area contributed by atoms with Gasteiger partial charge in [-0.15, -0.1) is 0 Å². The highest BCUT2D eigenvalue weighted by Gasteiger charge is 2.30. The van der Waals surface area contributed by atoms with Gasteiger partial charge in [-0.25, -0.2) is 0 Å². The van der Waals surface area contributed by atoms with Crippen LogP contribution in [0.2, 0.25) is 0 Å². The Bertz CT molecular complexity index is 742. The third-order valence-corrected chi connectivity index (χ3v) is 2.75. The predicted octanol–water partition coefficient (Wildman–Crippen LogP) is 4.07. The molecule has 2 aromatic rings.